The summed E-state index contributed by atoms with van der Waals surface area (Å²) in [6.07, 6.45) is 2.05. The lowest BCUT2D eigenvalue weighted by Gasteiger charge is -2.30. The Balaban J connectivity index is 2.05. The van der Waals surface area contributed by atoms with Gasteiger partial charge in [-0.25, -0.2) is 0 Å². The Labute approximate surface area is 126 Å². The zero-order valence-corrected chi connectivity index (χ0v) is 13.1. The van der Waals surface area contributed by atoms with E-state index in [1.807, 2.05) is 37.3 Å². The van der Waals surface area contributed by atoms with Crippen molar-refractivity contribution in [3.05, 3.63) is 35.9 Å². The molecule has 114 valence electrons. The maximum Gasteiger partial charge on any atom is 0.237 e. The third-order valence-electron chi connectivity index (χ3n) is 3.90. The van der Waals surface area contributed by atoms with Crippen molar-refractivity contribution in [2.45, 2.75) is 46.2 Å². The zero-order chi connectivity index (χ0) is 15.5. The maximum absolute atomic E-state index is 12.7. The summed E-state index contributed by atoms with van der Waals surface area (Å²) >= 11 is 0. The average molecular weight is 288 g/mol. The molecule has 0 unspecified atom stereocenters. The fourth-order valence-corrected chi connectivity index (χ4v) is 2.22. The van der Waals surface area contributed by atoms with Crippen molar-refractivity contribution in [3.8, 4) is 0 Å². The molecule has 4 nitrogen and oxygen atoms in total. The Hall–Kier alpha value is -1.84. The predicted octanol–water partition coefficient (Wildman–Crippen LogP) is 2.34. The van der Waals surface area contributed by atoms with Gasteiger partial charge in [-0.15, -0.1) is 0 Å². The molecule has 0 saturated heterocycles. The molecule has 0 bridgehead atoms. The summed E-state index contributed by atoms with van der Waals surface area (Å²) in [6, 6.07) is 10.1. The molecule has 1 N–H and O–H groups in total. The van der Waals surface area contributed by atoms with E-state index in [0.29, 0.717) is 13.1 Å². The monoisotopic (exact) mass is 288 g/mol. The summed E-state index contributed by atoms with van der Waals surface area (Å²) < 4.78 is 0. The van der Waals surface area contributed by atoms with E-state index < -0.39 is 5.41 Å². The lowest BCUT2D eigenvalue weighted by molar-refractivity contribution is -0.148. The topological polar surface area (TPSA) is 49.4 Å². The molecule has 1 aliphatic carbocycles. The van der Waals surface area contributed by atoms with E-state index in [2.05, 4.69) is 5.32 Å². The van der Waals surface area contributed by atoms with Crippen LogP contribution in [0.15, 0.2) is 30.3 Å². The SMILES string of the molecule is CCN(Cc1ccccc1)C(=O)C(C)(C)C(=O)NC1CC1. The van der Waals surface area contributed by atoms with Crippen molar-refractivity contribution in [1.29, 1.82) is 0 Å². The molecule has 21 heavy (non-hydrogen) atoms. The van der Waals surface area contributed by atoms with Crippen LogP contribution in [0.25, 0.3) is 0 Å². The molecular formula is C17H24N2O2. The number of carbonyl (C=O) groups is 2. The molecule has 1 aromatic rings. The van der Waals surface area contributed by atoms with Crippen LogP contribution >= 0.6 is 0 Å². The van der Waals surface area contributed by atoms with Crippen LogP contribution in [0, 0.1) is 5.41 Å². The van der Waals surface area contributed by atoms with Crippen LogP contribution in [-0.2, 0) is 16.1 Å². The highest BCUT2D eigenvalue weighted by atomic mass is 16.2. The quantitative estimate of drug-likeness (QED) is 0.817. The first kappa shape index (κ1) is 15.5. The zero-order valence-electron chi connectivity index (χ0n) is 13.1. The maximum atomic E-state index is 12.7. The fraction of sp³-hybridized carbons (Fsp3) is 0.529. The highest BCUT2D eigenvalue weighted by Crippen LogP contribution is 2.25. The summed E-state index contributed by atoms with van der Waals surface area (Å²) in [5.74, 6) is -0.284. The van der Waals surface area contributed by atoms with Gasteiger partial charge in [0.25, 0.3) is 0 Å². The van der Waals surface area contributed by atoms with E-state index in [4.69, 9.17) is 0 Å². The van der Waals surface area contributed by atoms with Gasteiger partial charge in [0, 0.05) is 19.1 Å². The van der Waals surface area contributed by atoms with Crippen molar-refractivity contribution >= 4 is 11.8 Å². The van der Waals surface area contributed by atoms with E-state index in [1.54, 1.807) is 18.7 Å². The molecule has 0 aromatic heterocycles. The summed E-state index contributed by atoms with van der Waals surface area (Å²) in [7, 11) is 0. The van der Waals surface area contributed by atoms with E-state index in [-0.39, 0.29) is 17.9 Å². The largest absolute Gasteiger partial charge is 0.352 e. The van der Waals surface area contributed by atoms with Gasteiger partial charge < -0.3 is 10.2 Å². The first-order valence-electron chi connectivity index (χ1n) is 7.59. The molecule has 1 saturated carbocycles. The van der Waals surface area contributed by atoms with Gasteiger partial charge in [0.05, 0.1) is 0 Å². The van der Waals surface area contributed by atoms with Crippen LogP contribution in [0.4, 0.5) is 0 Å². The normalized spacial score (nSPS) is 14.6. The minimum atomic E-state index is -1.02. The molecule has 0 aliphatic heterocycles. The lowest BCUT2D eigenvalue weighted by atomic mass is 9.90. The summed E-state index contributed by atoms with van der Waals surface area (Å²) in [4.78, 5) is 26.7. The van der Waals surface area contributed by atoms with Gasteiger partial charge in [-0.3, -0.25) is 9.59 Å². The molecule has 1 aliphatic rings. The molecule has 4 heteroatoms. The van der Waals surface area contributed by atoms with Crippen molar-refractivity contribution < 1.29 is 9.59 Å². The molecule has 0 atom stereocenters. The highest BCUT2D eigenvalue weighted by Gasteiger charge is 2.40. The van der Waals surface area contributed by atoms with Crippen molar-refractivity contribution in [1.82, 2.24) is 10.2 Å². The van der Waals surface area contributed by atoms with Gasteiger partial charge >= 0.3 is 0 Å². The van der Waals surface area contributed by atoms with Gasteiger partial charge in [0.1, 0.15) is 5.41 Å². The minimum Gasteiger partial charge on any atom is -0.352 e. The van der Waals surface area contributed by atoms with E-state index >= 15 is 0 Å². The van der Waals surface area contributed by atoms with E-state index in [0.717, 1.165) is 18.4 Å². The summed E-state index contributed by atoms with van der Waals surface area (Å²) in [5.41, 5.74) is 0.0546. The number of hydrogen-bond acceptors (Lipinski definition) is 2. The number of amides is 2. The Morgan fingerprint density at radius 1 is 1.24 bits per heavy atom. The fourth-order valence-electron chi connectivity index (χ4n) is 2.22. The second-order valence-corrected chi connectivity index (χ2v) is 6.18. The van der Waals surface area contributed by atoms with Crippen molar-refractivity contribution in [2.75, 3.05) is 6.54 Å². The number of nitrogens with one attached hydrogen (secondary N) is 1. The molecule has 2 rings (SSSR count). The van der Waals surface area contributed by atoms with E-state index in [9.17, 15) is 9.59 Å². The van der Waals surface area contributed by atoms with Crippen LogP contribution < -0.4 is 5.32 Å². The van der Waals surface area contributed by atoms with Crippen LogP contribution in [0.3, 0.4) is 0 Å². The Morgan fingerprint density at radius 2 is 1.86 bits per heavy atom. The van der Waals surface area contributed by atoms with Crippen LogP contribution in [0.1, 0.15) is 39.2 Å². The van der Waals surface area contributed by atoms with Gasteiger partial charge in [0.2, 0.25) is 11.8 Å². The van der Waals surface area contributed by atoms with Crippen LogP contribution in [0.5, 0.6) is 0 Å². The molecule has 0 spiro atoms. The Morgan fingerprint density at radius 3 is 2.38 bits per heavy atom. The Bertz CT molecular complexity index is 507. The standard InChI is InChI=1S/C17H24N2O2/c1-4-19(12-13-8-6-5-7-9-13)16(21)17(2,3)15(20)18-14-10-11-14/h5-9,14H,4,10-12H2,1-3H3,(H,18,20). The van der Waals surface area contributed by atoms with Crippen LogP contribution in [0.2, 0.25) is 0 Å². The molecule has 1 fully saturated rings. The minimum absolute atomic E-state index is 0.119. The molecular weight excluding hydrogens is 264 g/mol. The van der Waals surface area contributed by atoms with E-state index in [1.165, 1.54) is 0 Å². The third-order valence-corrected chi connectivity index (χ3v) is 3.90. The summed E-state index contributed by atoms with van der Waals surface area (Å²) in [6.45, 7) is 6.49. The van der Waals surface area contributed by atoms with Gasteiger partial charge in [0.15, 0.2) is 0 Å². The first-order chi connectivity index (χ1) is 9.95. The second kappa shape index (κ2) is 6.29. The highest BCUT2D eigenvalue weighted by molar-refractivity contribution is 6.04. The number of benzene rings is 1. The second-order valence-electron chi connectivity index (χ2n) is 6.18. The average Bonchev–Trinajstić information content (AvgIpc) is 3.29. The van der Waals surface area contributed by atoms with Crippen molar-refractivity contribution in [3.63, 3.8) is 0 Å². The number of hydrogen-bond donors (Lipinski definition) is 1. The molecule has 0 heterocycles. The smallest absolute Gasteiger partial charge is 0.237 e. The summed E-state index contributed by atoms with van der Waals surface area (Å²) in [5, 5.41) is 2.93. The lowest BCUT2D eigenvalue weighted by Crippen LogP contribution is -2.49. The number of nitrogens with zero attached hydrogens (tertiary/aromatic N) is 1. The first-order valence-corrected chi connectivity index (χ1v) is 7.59. The number of rotatable bonds is 6. The van der Waals surface area contributed by atoms with Gasteiger partial charge in [-0.2, -0.15) is 0 Å². The van der Waals surface area contributed by atoms with Gasteiger partial charge in [-0.05, 0) is 39.2 Å². The molecule has 0 radical (unpaired) electrons. The van der Waals surface area contributed by atoms with Gasteiger partial charge in [-0.1, -0.05) is 30.3 Å². The predicted molar refractivity (Wildman–Crippen MR) is 82.5 cm³/mol. The Kier molecular flexibility index (Phi) is 4.66. The third kappa shape index (κ3) is 3.84. The molecule has 2 amide bonds. The van der Waals surface area contributed by atoms with Crippen molar-refractivity contribution in [2.24, 2.45) is 5.41 Å². The molecule has 1 aromatic carbocycles. The van der Waals surface area contributed by atoms with Crippen LogP contribution in [-0.4, -0.2) is 29.3 Å². The number of carbonyl (C=O) groups excluding carboxylic acids is 2.